The van der Waals surface area contributed by atoms with E-state index in [0.29, 0.717) is 43.7 Å². The lowest BCUT2D eigenvalue weighted by Crippen LogP contribution is -2.06. The van der Waals surface area contributed by atoms with E-state index in [4.69, 9.17) is 0 Å². The molecule has 338 valence electrons. The molecular weight excluding hydrogens is 791 g/mol. The lowest BCUT2D eigenvalue weighted by atomic mass is 10.00. The number of nitrogens with one attached hydrogen (secondary N) is 1. The molecule has 0 atom stereocenters. The van der Waals surface area contributed by atoms with Gasteiger partial charge in [-0.05, 0) is 119 Å². The second-order valence-corrected chi connectivity index (χ2v) is 16.4. The van der Waals surface area contributed by atoms with Crippen molar-refractivity contribution in [1.29, 1.82) is 0 Å². The summed E-state index contributed by atoms with van der Waals surface area (Å²) in [5.74, 6) is 1.28. The van der Waals surface area contributed by atoms with Gasteiger partial charge in [0.2, 0.25) is 5.91 Å². The number of hydrogen-bond acceptors (Lipinski definition) is 8. The minimum Gasteiger partial charge on any atom is -0.326 e. The Labute approximate surface area is 375 Å². The van der Waals surface area contributed by atoms with E-state index < -0.39 is 0 Å². The van der Waals surface area contributed by atoms with Crippen molar-refractivity contribution in [3.8, 4) is 0 Å². The predicted octanol–water partition coefficient (Wildman–Crippen LogP) is 10.6. The van der Waals surface area contributed by atoms with Gasteiger partial charge in [-0.2, -0.15) is 0 Å². The molecule has 1 amide bonds. The molecule has 0 spiro atoms. The summed E-state index contributed by atoms with van der Waals surface area (Å²) in [7, 11) is 0. The Hall–Kier alpha value is -5.96. The summed E-state index contributed by atoms with van der Waals surface area (Å²) >= 11 is 0. The Balaban J connectivity index is 0.000000429. The fourth-order valence-corrected chi connectivity index (χ4v) is 6.42. The average molecular weight is 860 g/mol. The third kappa shape index (κ3) is 30.7. The first-order valence-corrected chi connectivity index (χ1v) is 21.9. The van der Waals surface area contributed by atoms with Crippen molar-refractivity contribution >= 4 is 52.1 Å². The van der Waals surface area contributed by atoms with Gasteiger partial charge in [0, 0.05) is 57.6 Å². The van der Waals surface area contributed by atoms with Crippen molar-refractivity contribution in [1.82, 2.24) is 0 Å². The third-order valence-corrected chi connectivity index (χ3v) is 9.30. The minimum atomic E-state index is -0.107. The number of Topliss-reactive ketones (excluding diaryl/α,β-unsaturated/α-hetero) is 7. The summed E-state index contributed by atoms with van der Waals surface area (Å²) in [6.07, 6.45) is 11.4. The smallest absolute Gasteiger partial charge is 0.221 e. The Kier molecular flexibility index (Phi) is 27.8. The molecule has 0 unspecified atom stereocenters. The molecule has 1 N–H and O–H groups in total. The van der Waals surface area contributed by atoms with Gasteiger partial charge in [0.15, 0.2) is 0 Å². The number of amides is 1. The van der Waals surface area contributed by atoms with Gasteiger partial charge >= 0.3 is 0 Å². The van der Waals surface area contributed by atoms with Crippen LogP contribution in [-0.2, 0) is 76.9 Å². The summed E-state index contributed by atoms with van der Waals surface area (Å²) in [5.41, 5.74) is 8.23. The van der Waals surface area contributed by atoms with Gasteiger partial charge in [0.05, 0.1) is 0 Å². The maximum atomic E-state index is 11.1. The molecule has 4 aromatic carbocycles. The first-order chi connectivity index (χ1) is 29.8. The van der Waals surface area contributed by atoms with Crippen molar-refractivity contribution in [3.05, 3.63) is 136 Å². The molecule has 0 aromatic heterocycles. The molecule has 0 aliphatic carbocycles. The van der Waals surface area contributed by atoms with Crippen molar-refractivity contribution in [3.63, 3.8) is 0 Å². The second-order valence-electron chi connectivity index (χ2n) is 16.4. The standard InChI is InChI=1S/C19H20O2.C12H14O2.C12H22O2.C11H13NO2/c1-14(20)11-16-3-7-18(8-4-16)13-19-9-5-17(6-10-19)12-15(2)21;1-9(13)7-11-3-5-12(6-4-11)8-10(2)14;1-11(13)9-7-5-3-4-6-8-10-12(2)14;1-8(13)6-10-4-3-5-11(7-10)12-9(2)14/h3-10H,11-13H2,1-2H3;3-6H,7-8H2,1-2H3;3-10H2,1-2H3;3-5,7H,6H2,1-2H3,(H,12,14). The quantitative estimate of drug-likeness (QED) is 0.0768. The topological polar surface area (TPSA) is 149 Å². The number of carbonyl (C=O) groups is 8. The van der Waals surface area contributed by atoms with Crippen LogP contribution >= 0.6 is 0 Å². The van der Waals surface area contributed by atoms with Gasteiger partial charge in [0.1, 0.15) is 40.5 Å². The highest BCUT2D eigenvalue weighted by molar-refractivity contribution is 5.89. The van der Waals surface area contributed by atoms with Crippen molar-refractivity contribution < 1.29 is 38.4 Å². The molecule has 0 radical (unpaired) electrons. The van der Waals surface area contributed by atoms with Crippen LogP contribution in [0.3, 0.4) is 0 Å². The normalized spacial score (nSPS) is 10.0. The van der Waals surface area contributed by atoms with Crippen LogP contribution in [0.1, 0.15) is 146 Å². The van der Waals surface area contributed by atoms with Crippen LogP contribution in [0, 0.1) is 0 Å². The Morgan fingerprint density at radius 3 is 0.905 bits per heavy atom. The first kappa shape index (κ1) is 55.1. The van der Waals surface area contributed by atoms with Gasteiger partial charge in [-0.3, -0.25) is 28.8 Å². The van der Waals surface area contributed by atoms with Gasteiger partial charge in [-0.1, -0.05) is 111 Å². The second kappa shape index (κ2) is 31.8. The SMILES string of the molecule is CC(=O)CCCCCCCCC(C)=O.CC(=O)Cc1ccc(CC(C)=O)cc1.CC(=O)Cc1ccc(Cc2ccc(CC(C)=O)cc2)cc1.CC(=O)Cc1cccc(NC(C)=O)c1. The molecule has 63 heavy (non-hydrogen) atoms. The summed E-state index contributed by atoms with van der Waals surface area (Å²) in [6.45, 7) is 12.7. The van der Waals surface area contributed by atoms with Gasteiger partial charge in [-0.25, -0.2) is 0 Å². The zero-order valence-electron chi connectivity index (χ0n) is 38.9. The number of carbonyl (C=O) groups excluding carboxylic acids is 8. The molecule has 0 heterocycles. The minimum absolute atomic E-state index is 0.107. The fraction of sp³-hybridized carbons (Fsp3) is 0.407. The maximum absolute atomic E-state index is 11.1. The summed E-state index contributed by atoms with van der Waals surface area (Å²) < 4.78 is 0. The number of ketones is 7. The summed E-state index contributed by atoms with van der Waals surface area (Å²) in [6, 6.07) is 31.2. The maximum Gasteiger partial charge on any atom is 0.221 e. The van der Waals surface area contributed by atoms with E-state index in [1.165, 1.54) is 30.9 Å². The molecule has 0 fully saturated rings. The monoisotopic (exact) mass is 860 g/mol. The van der Waals surface area contributed by atoms with Crippen LogP contribution in [0.5, 0.6) is 0 Å². The first-order valence-electron chi connectivity index (χ1n) is 21.9. The lowest BCUT2D eigenvalue weighted by molar-refractivity contribution is -0.118. The number of anilines is 1. The van der Waals surface area contributed by atoms with Crippen molar-refractivity contribution in [2.24, 2.45) is 0 Å². The van der Waals surface area contributed by atoms with E-state index in [1.54, 1.807) is 54.5 Å². The summed E-state index contributed by atoms with van der Waals surface area (Å²) in [4.78, 5) is 86.7. The molecule has 0 aliphatic heterocycles. The lowest BCUT2D eigenvalue weighted by Gasteiger charge is -2.05. The Morgan fingerprint density at radius 2 is 0.619 bits per heavy atom. The zero-order chi connectivity index (χ0) is 47.2. The van der Waals surface area contributed by atoms with Crippen molar-refractivity contribution in [2.75, 3.05) is 5.32 Å². The molecule has 0 bridgehead atoms. The van der Waals surface area contributed by atoms with E-state index >= 15 is 0 Å². The van der Waals surface area contributed by atoms with Crippen LogP contribution in [0.15, 0.2) is 97.1 Å². The molecular formula is C54H69NO8. The Morgan fingerprint density at radius 1 is 0.333 bits per heavy atom. The van der Waals surface area contributed by atoms with Crippen molar-refractivity contribution in [2.45, 2.75) is 145 Å². The van der Waals surface area contributed by atoms with Crippen LogP contribution in [0.4, 0.5) is 5.69 Å². The van der Waals surface area contributed by atoms with E-state index in [0.717, 1.165) is 78.5 Å². The molecule has 9 nitrogen and oxygen atoms in total. The molecule has 4 aromatic rings. The van der Waals surface area contributed by atoms with E-state index in [1.807, 2.05) is 66.7 Å². The van der Waals surface area contributed by atoms with E-state index in [-0.39, 0.29) is 34.8 Å². The average Bonchev–Trinajstić information content (AvgIpc) is 3.18. The summed E-state index contributed by atoms with van der Waals surface area (Å²) in [5, 5.41) is 2.67. The number of rotatable bonds is 22. The number of unbranched alkanes of at least 4 members (excludes halogenated alkanes) is 5. The fourth-order valence-electron chi connectivity index (χ4n) is 6.42. The van der Waals surface area contributed by atoms with Crippen LogP contribution in [0.25, 0.3) is 0 Å². The molecule has 9 heteroatoms. The number of hydrogen-bond donors (Lipinski definition) is 1. The molecule has 0 saturated heterocycles. The predicted molar refractivity (Wildman–Crippen MR) is 253 cm³/mol. The molecule has 0 saturated carbocycles. The van der Waals surface area contributed by atoms with E-state index in [9.17, 15) is 38.4 Å². The van der Waals surface area contributed by atoms with Crippen LogP contribution in [-0.4, -0.2) is 46.4 Å². The molecule has 0 aliphatic rings. The molecule has 4 rings (SSSR count). The zero-order valence-corrected chi connectivity index (χ0v) is 38.9. The third-order valence-electron chi connectivity index (χ3n) is 9.30. The largest absolute Gasteiger partial charge is 0.326 e. The van der Waals surface area contributed by atoms with Gasteiger partial charge in [-0.15, -0.1) is 0 Å². The highest BCUT2D eigenvalue weighted by atomic mass is 16.2. The van der Waals surface area contributed by atoms with E-state index in [2.05, 4.69) is 29.6 Å². The van der Waals surface area contributed by atoms with Crippen LogP contribution in [0.2, 0.25) is 0 Å². The van der Waals surface area contributed by atoms with Gasteiger partial charge in [0.25, 0.3) is 0 Å². The van der Waals surface area contributed by atoms with Crippen LogP contribution < -0.4 is 5.32 Å². The highest BCUT2D eigenvalue weighted by Gasteiger charge is 2.04. The van der Waals surface area contributed by atoms with Gasteiger partial charge < -0.3 is 14.9 Å². The number of benzene rings is 4. The highest BCUT2D eigenvalue weighted by Crippen LogP contribution is 2.14. The Bertz CT molecular complexity index is 1920.